The van der Waals surface area contributed by atoms with Gasteiger partial charge >= 0.3 is 4.87 Å². The van der Waals surface area contributed by atoms with Crippen LogP contribution in [0, 0.1) is 0 Å². The van der Waals surface area contributed by atoms with Crippen LogP contribution in [-0.4, -0.2) is 9.55 Å². The van der Waals surface area contributed by atoms with Crippen LogP contribution in [0.1, 0.15) is 6.92 Å². The van der Waals surface area contributed by atoms with Crippen molar-refractivity contribution in [2.24, 2.45) is 0 Å². The second kappa shape index (κ2) is 2.71. The maximum Gasteiger partial charge on any atom is 0.309 e. The van der Waals surface area contributed by atoms with Gasteiger partial charge in [0.1, 0.15) is 0 Å². The van der Waals surface area contributed by atoms with Gasteiger partial charge in [0, 0.05) is 12.7 Å². The molecule has 2 rings (SSSR count). The van der Waals surface area contributed by atoms with E-state index in [0.717, 1.165) is 10.3 Å². The van der Waals surface area contributed by atoms with Crippen LogP contribution in [0.4, 0.5) is 0 Å². The summed E-state index contributed by atoms with van der Waals surface area (Å²) in [6.07, 6.45) is 1.71. The predicted octanol–water partition coefficient (Wildman–Crippen LogP) is 1.48. The molecule has 0 fully saturated rings. The Bertz CT molecular complexity index is 457. The standard InChI is InChI=1S/C8H8N2OS/c1-2-10-7-6(12-8(10)11)4-3-5-9-7/h3-5H,2H2,1H3. The molecule has 0 amide bonds. The Morgan fingerprint density at radius 2 is 2.50 bits per heavy atom. The lowest BCUT2D eigenvalue weighted by Gasteiger charge is -1.94. The maximum atomic E-state index is 11.3. The quantitative estimate of drug-likeness (QED) is 0.666. The molecule has 0 saturated carbocycles. The van der Waals surface area contributed by atoms with E-state index in [0.29, 0.717) is 6.54 Å². The zero-order valence-electron chi connectivity index (χ0n) is 6.65. The van der Waals surface area contributed by atoms with Crippen molar-refractivity contribution in [2.45, 2.75) is 13.5 Å². The van der Waals surface area contributed by atoms with Crippen molar-refractivity contribution in [1.82, 2.24) is 9.55 Å². The van der Waals surface area contributed by atoms with E-state index in [2.05, 4.69) is 4.98 Å². The Balaban J connectivity index is 2.91. The third-order valence-corrected chi connectivity index (χ3v) is 2.67. The van der Waals surface area contributed by atoms with Gasteiger partial charge in [0.2, 0.25) is 0 Å². The van der Waals surface area contributed by atoms with Gasteiger partial charge in [0.25, 0.3) is 0 Å². The lowest BCUT2D eigenvalue weighted by atomic mass is 10.5. The van der Waals surface area contributed by atoms with Crippen molar-refractivity contribution in [1.29, 1.82) is 0 Å². The summed E-state index contributed by atoms with van der Waals surface area (Å²) >= 11 is 1.25. The van der Waals surface area contributed by atoms with Crippen LogP contribution in [0.15, 0.2) is 23.1 Å². The van der Waals surface area contributed by atoms with Crippen LogP contribution in [0.5, 0.6) is 0 Å². The van der Waals surface area contributed by atoms with Gasteiger partial charge in [-0.3, -0.25) is 9.36 Å². The Labute approximate surface area is 73.3 Å². The summed E-state index contributed by atoms with van der Waals surface area (Å²) in [7, 11) is 0. The van der Waals surface area contributed by atoms with Crippen molar-refractivity contribution < 1.29 is 0 Å². The van der Waals surface area contributed by atoms with Crippen molar-refractivity contribution >= 4 is 21.7 Å². The van der Waals surface area contributed by atoms with Crippen molar-refractivity contribution in [3.05, 3.63) is 28.0 Å². The van der Waals surface area contributed by atoms with Gasteiger partial charge in [-0.15, -0.1) is 0 Å². The summed E-state index contributed by atoms with van der Waals surface area (Å²) in [5.41, 5.74) is 0.801. The van der Waals surface area contributed by atoms with Crippen LogP contribution in [-0.2, 0) is 6.54 Å². The largest absolute Gasteiger partial charge is 0.309 e. The zero-order chi connectivity index (χ0) is 8.55. The second-order valence-electron chi connectivity index (χ2n) is 2.44. The van der Waals surface area contributed by atoms with Gasteiger partial charge in [0.15, 0.2) is 5.65 Å². The molecule has 2 heterocycles. The molecule has 12 heavy (non-hydrogen) atoms. The minimum atomic E-state index is 0.0752. The topological polar surface area (TPSA) is 34.9 Å². The van der Waals surface area contributed by atoms with Crippen molar-refractivity contribution in [2.75, 3.05) is 0 Å². The lowest BCUT2D eigenvalue weighted by Crippen LogP contribution is -2.11. The highest BCUT2D eigenvalue weighted by Crippen LogP contribution is 2.12. The van der Waals surface area contributed by atoms with Gasteiger partial charge in [0.05, 0.1) is 4.70 Å². The van der Waals surface area contributed by atoms with E-state index in [1.807, 2.05) is 19.1 Å². The highest BCUT2D eigenvalue weighted by atomic mass is 32.1. The van der Waals surface area contributed by atoms with Gasteiger partial charge < -0.3 is 0 Å². The molecule has 0 bridgehead atoms. The molecule has 0 aliphatic heterocycles. The zero-order valence-corrected chi connectivity index (χ0v) is 7.47. The summed E-state index contributed by atoms with van der Waals surface area (Å²) in [5, 5.41) is 0. The molecule has 0 aliphatic rings. The number of hydrogen-bond acceptors (Lipinski definition) is 3. The van der Waals surface area contributed by atoms with Crippen LogP contribution in [0.2, 0.25) is 0 Å². The minimum absolute atomic E-state index is 0.0752. The fraction of sp³-hybridized carbons (Fsp3) is 0.250. The minimum Gasteiger partial charge on any atom is -0.283 e. The number of hydrogen-bond donors (Lipinski definition) is 0. The van der Waals surface area contributed by atoms with E-state index in [1.54, 1.807) is 10.8 Å². The van der Waals surface area contributed by atoms with E-state index >= 15 is 0 Å². The molecule has 0 radical (unpaired) electrons. The second-order valence-corrected chi connectivity index (χ2v) is 3.43. The molecule has 2 aromatic rings. The predicted molar refractivity (Wildman–Crippen MR) is 49.6 cm³/mol. The Morgan fingerprint density at radius 1 is 1.67 bits per heavy atom. The first-order valence-corrected chi connectivity index (χ1v) is 4.59. The Kier molecular flexibility index (Phi) is 1.69. The lowest BCUT2D eigenvalue weighted by molar-refractivity contribution is 0.769. The molecule has 2 aromatic heterocycles. The first kappa shape index (κ1) is 7.49. The van der Waals surface area contributed by atoms with E-state index in [4.69, 9.17) is 0 Å². The Hall–Kier alpha value is -1.16. The normalized spacial score (nSPS) is 10.8. The number of pyridine rings is 1. The van der Waals surface area contributed by atoms with Crippen LogP contribution < -0.4 is 4.87 Å². The highest BCUT2D eigenvalue weighted by molar-refractivity contribution is 7.16. The molecular formula is C8H8N2OS. The van der Waals surface area contributed by atoms with Crippen LogP contribution in [0.3, 0.4) is 0 Å². The van der Waals surface area contributed by atoms with Gasteiger partial charge in [-0.05, 0) is 19.1 Å². The molecule has 62 valence electrons. The summed E-state index contributed by atoms with van der Waals surface area (Å²) in [6.45, 7) is 2.64. The smallest absolute Gasteiger partial charge is 0.283 e. The number of aromatic nitrogens is 2. The molecule has 0 N–H and O–H groups in total. The fourth-order valence-corrected chi connectivity index (χ4v) is 2.09. The summed E-state index contributed by atoms with van der Waals surface area (Å²) < 4.78 is 2.64. The molecule has 0 spiro atoms. The molecule has 3 nitrogen and oxygen atoms in total. The molecule has 0 aromatic carbocycles. The van der Waals surface area contributed by atoms with E-state index in [1.165, 1.54) is 11.3 Å². The van der Waals surface area contributed by atoms with Gasteiger partial charge in [-0.25, -0.2) is 4.98 Å². The van der Waals surface area contributed by atoms with E-state index in [9.17, 15) is 4.79 Å². The third kappa shape index (κ3) is 0.956. The maximum absolute atomic E-state index is 11.3. The number of nitrogens with zero attached hydrogens (tertiary/aromatic N) is 2. The first-order chi connectivity index (χ1) is 5.83. The van der Waals surface area contributed by atoms with E-state index < -0.39 is 0 Å². The highest BCUT2D eigenvalue weighted by Gasteiger charge is 2.04. The van der Waals surface area contributed by atoms with Crippen LogP contribution >= 0.6 is 11.3 Å². The number of aryl methyl sites for hydroxylation is 1. The average molecular weight is 180 g/mol. The van der Waals surface area contributed by atoms with Gasteiger partial charge in [-0.2, -0.15) is 0 Å². The molecule has 4 heteroatoms. The van der Waals surface area contributed by atoms with Gasteiger partial charge in [-0.1, -0.05) is 11.3 Å². The summed E-state index contributed by atoms with van der Waals surface area (Å²) in [4.78, 5) is 15.5. The number of fused-ring (bicyclic) bond motifs is 1. The van der Waals surface area contributed by atoms with Crippen molar-refractivity contribution in [3.63, 3.8) is 0 Å². The number of thiazole rings is 1. The Morgan fingerprint density at radius 3 is 3.25 bits per heavy atom. The summed E-state index contributed by atoms with van der Waals surface area (Å²) in [6, 6.07) is 3.76. The fourth-order valence-electron chi connectivity index (χ4n) is 1.18. The average Bonchev–Trinajstić information content (AvgIpc) is 2.40. The number of rotatable bonds is 1. The first-order valence-electron chi connectivity index (χ1n) is 3.77. The molecular weight excluding hydrogens is 172 g/mol. The summed E-state index contributed by atoms with van der Waals surface area (Å²) in [5.74, 6) is 0. The SMILES string of the molecule is CCn1c(=O)sc2cccnc21. The third-order valence-electron chi connectivity index (χ3n) is 1.74. The van der Waals surface area contributed by atoms with Crippen LogP contribution in [0.25, 0.3) is 10.3 Å². The monoisotopic (exact) mass is 180 g/mol. The molecule has 0 atom stereocenters. The van der Waals surface area contributed by atoms with Crippen molar-refractivity contribution in [3.8, 4) is 0 Å². The molecule has 0 unspecified atom stereocenters. The molecule has 0 aliphatic carbocycles. The molecule has 0 saturated heterocycles. The van der Waals surface area contributed by atoms with E-state index in [-0.39, 0.29) is 4.87 Å².